The van der Waals surface area contributed by atoms with Gasteiger partial charge in [-0.25, -0.2) is 0 Å². The van der Waals surface area contributed by atoms with Gasteiger partial charge in [0.15, 0.2) is 11.5 Å². The van der Waals surface area contributed by atoms with Crippen LogP contribution in [0, 0.1) is 9.49 Å². The minimum absolute atomic E-state index is 0.00362. The van der Waals surface area contributed by atoms with Crippen molar-refractivity contribution in [2.24, 2.45) is 5.92 Å². The standard InChI is InChI=1S/C22H25IN2O5/c1-28-18-12-15(13-19(29-2)20(18)30-3)22(27)25-10-8-14(9-11-25)21(26)24-17-6-4-16(23)5-7-17/h4-7,12-14H,8-11H2,1-3H3,(H,24,26). The molecule has 2 amide bonds. The summed E-state index contributed by atoms with van der Waals surface area (Å²) >= 11 is 2.23. The lowest BCUT2D eigenvalue weighted by Gasteiger charge is -2.31. The number of carbonyl (C=O) groups is 2. The number of ether oxygens (including phenoxy) is 3. The van der Waals surface area contributed by atoms with Gasteiger partial charge in [0.25, 0.3) is 5.91 Å². The lowest BCUT2D eigenvalue weighted by molar-refractivity contribution is -0.121. The molecule has 3 rings (SSSR count). The van der Waals surface area contributed by atoms with Crippen molar-refractivity contribution in [1.82, 2.24) is 4.90 Å². The Bertz CT molecular complexity index is 883. The van der Waals surface area contributed by atoms with E-state index in [1.54, 1.807) is 17.0 Å². The summed E-state index contributed by atoms with van der Waals surface area (Å²) < 4.78 is 17.1. The van der Waals surface area contributed by atoms with Crippen LogP contribution in [0.5, 0.6) is 17.2 Å². The Morgan fingerprint density at radius 2 is 1.53 bits per heavy atom. The van der Waals surface area contributed by atoms with Crippen molar-refractivity contribution in [1.29, 1.82) is 0 Å². The van der Waals surface area contributed by atoms with Crippen LogP contribution in [0.3, 0.4) is 0 Å². The number of hydrogen-bond donors (Lipinski definition) is 1. The zero-order valence-corrected chi connectivity index (χ0v) is 19.4. The number of halogens is 1. The molecule has 0 aliphatic carbocycles. The van der Waals surface area contributed by atoms with Gasteiger partial charge >= 0.3 is 0 Å². The lowest BCUT2D eigenvalue weighted by Crippen LogP contribution is -2.41. The monoisotopic (exact) mass is 524 g/mol. The Hall–Kier alpha value is -2.49. The number of carbonyl (C=O) groups excluding carboxylic acids is 2. The van der Waals surface area contributed by atoms with Gasteiger partial charge < -0.3 is 24.4 Å². The molecule has 0 saturated carbocycles. The highest BCUT2D eigenvalue weighted by molar-refractivity contribution is 14.1. The fraction of sp³-hybridized carbons (Fsp3) is 0.364. The second-order valence-electron chi connectivity index (χ2n) is 6.98. The van der Waals surface area contributed by atoms with Gasteiger partial charge in [-0.2, -0.15) is 0 Å². The Kier molecular flexibility index (Phi) is 7.41. The van der Waals surface area contributed by atoms with Gasteiger partial charge in [0.1, 0.15) is 0 Å². The van der Waals surface area contributed by atoms with Gasteiger partial charge in [0.05, 0.1) is 21.3 Å². The number of benzene rings is 2. The summed E-state index contributed by atoms with van der Waals surface area (Å²) in [7, 11) is 4.56. The maximum atomic E-state index is 13.0. The first-order valence-corrected chi connectivity index (χ1v) is 10.7. The first kappa shape index (κ1) is 22.2. The predicted molar refractivity (Wildman–Crippen MR) is 123 cm³/mol. The van der Waals surface area contributed by atoms with Gasteiger partial charge in [-0.1, -0.05) is 0 Å². The van der Waals surface area contributed by atoms with Crippen LogP contribution in [0.4, 0.5) is 5.69 Å². The molecule has 0 radical (unpaired) electrons. The van der Waals surface area contributed by atoms with Crippen molar-refractivity contribution in [2.75, 3.05) is 39.7 Å². The van der Waals surface area contributed by atoms with Crippen LogP contribution in [0.2, 0.25) is 0 Å². The molecule has 1 saturated heterocycles. The van der Waals surface area contributed by atoms with Gasteiger partial charge in [-0.3, -0.25) is 9.59 Å². The molecule has 0 bridgehead atoms. The number of rotatable bonds is 6. The molecule has 1 fully saturated rings. The van der Waals surface area contributed by atoms with E-state index in [2.05, 4.69) is 27.9 Å². The van der Waals surface area contributed by atoms with E-state index in [0.717, 1.165) is 9.26 Å². The number of nitrogens with zero attached hydrogens (tertiary/aromatic N) is 1. The van der Waals surface area contributed by atoms with Crippen LogP contribution in [0.25, 0.3) is 0 Å². The van der Waals surface area contributed by atoms with Crippen molar-refractivity contribution in [3.8, 4) is 17.2 Å². The number of anilines is 1. The largest absolute Gasteiger partial charge is 0.493 e. The van der Waals surface area contributed by atoms with E-state index in [1.807, 2.05) is 24.3 Å². The average Bonchev–Trinajstić information content (AvgIpc) is 2.79. The fourth-order valence-corrected chi connectivity index (χ4v) is 3.87. The molecular weight excluding hydrogens is 499 g/mol. The van der Waals surface area contributed by atoms with Crippen molar-refractivity contribution < 1.29 is 23.8 Å². The summed E-state index contributed by atoms with van der Waals surface area (Å²) in [5, 5.41) is 2.96. The third-order valence-electron chi connectivity index (χ3n) is 5.18. The topological polar surface area (TPSA) is 77.1 Å². The summed E-state index contributed by atoms with van der Waals surface area (Å²) in [5.74, 6) is 1.08. The number of nitrogens with one attached hydrogen (secondary N) is 1. The molecule has 0 atom stereocenters. The van der Waals surface area contributed by atoms with Crippen molar-refractivity contribution in [2.45, 2.75) is 12.8 Å². The molecule has 1 N–H and O–H groups in total. The molecule has 2 aromatic rings. The Morgan fingerprint density at radius 3 is 2.03 bits per heavy atom. The maximum Gasteiger partial charge on any atom is 0.254 e. The van der Waals surface area contributed by atoms with E-state index in [9.17, 15) is 9.59 Å². The third kappa shape index (κ3) is 4.97. The molecule has 2 aromatic carbocycles. The fourth-order valence-electron chi connectivity index (χ4n) is 3.51. The molecule has 160 valence electrons. The molecule has 1 aliphatic heterocycles. The lowest BCUT2D eigenvalue weighted by atomic mass is 9.95. The minimum atomic E-state index is -0.120. The SMILES string of the molecule is COc1cc(C(=O)N2CCC(C(=O)Nc3ccc(I)cc3)CC2)cc(OC)c1OC. The number of piperidine rings is 1. The number of hydrogen-bond acceptors (Lipinski definition) is 5. The van der Waals surface area contributed by atoms with Crippen LogP contribution in [0.15, 0.2) is 36.4 Å². The molecule has 0 spiro atoms. The normalized spacial score (nSPS) is 14.2. The Labute approximate surface area is 189 Å². The molecule has 1 aliphatic rings. The van der Waals surface area contributed by atoms with Gasteiger partial charge in [0.2, 0.25) is 11.7 Å². The molecule has 0 unspecified atom stereocenters. The molecular formula is C22H25IN2O5. The second-order valence-corrected chi connectivity index (χ2v) is 8.22. The van der Waals surface area contributed by atoms with Crippen LogP contribution in [-0.2, 0) is 4.79 Å². The smallest absolute Gasteiger partial charge is 0.254 e. The van der Waals surface area contributed by atoms with E-state index in [-0.39, 0.29) is 17.7 Å². The van der Waals surface area contributed by atoms with Crippen LogP contribution in [-0.4, -0.2) is 51.1 Å². The predicted octanol–water partition coefficient (Wildman–Crippen LogP) is 3.81. The third-order valence-corrected chi connectivity index (χ3v) is 5.90. The first-order valence-electron chi connectivity index (χ1n) is 9.62. The van der Waals surface area contributed by atoms with E-state index >= 15 is 0 Å². The average molecular weight is 524 g/mol. The van der Waals surface area contributed by atoms with Gasteiger partial charge in [-0.15, -0.1) is 0 Å². The minimum Gasteiger partial charge on any atom is -0.493 e. The second kappa shape index (κ2) is 10.0. The van der Waals surface area contributed by atoms with E-state index in [0.29, 0.717) is 48.7 Å². The van der Waals surface area contributed by atoms with Crippen molar-refractivity contribution in [3.05, 3.63) is 45.5 Å². The zero-order chi connectivity index (χ0) is 21.7. The highest BCUT2D eigenvalue weighted by Crippen LogP contribution is 2.38. The van der Waals surface area contributed by atoms with Crippen molar-refractivity contribution in [3.63, 3.8) is 0 Å². The van der Waals surface area contributed by atoms with E-state index < -0.39 is 0 Å². The van der Waals surface area contributed by atoms with Crippen LogP contribution in [0.1, 0.15) is 23.2 Å². The summed E-state index contributed by atoms with van der Waals surface area (Å²) in [6.45, 7) is 1.03. The molecule has 0 aromatic heterocycles. The Morgan fingerprint density at radius 1 is 0.967 bits per heavy atom. The Balaban J connectivity index is 1.64. The quantitative estimate of drug-likeness (QED) is 0.582. The summed E-state index contributed by atoms with van der Waals surface area (Å²) in [6.07, 6.45) is 1.23. The maximum absolute atomic E-state index is 13.0. The number of methoxy groups -OCH3 is 3. The van der Waals surface area contributed by atoms with E-state index in [4.69, 9.17) is 14.2 Å². The van der Waals surface area contributed by atoms with Crippen molar-refractivity contribution >= 4 is 40.1 Å². The number of amides is 2. The van der Waals surface area contributed by atoms with Gasteiger partial charge in [-0.05, 0) is 71.8 Å². The molecule has 1 heterocycles. The molecule has 8 heteroatoms. The summed E-state index contributed by atoms with van der Waals surface area (Å²) in [6, 6.07) is 11.0. The first-order chi connectivity index (χ1) is 14.5. The summed E-state index contributed by atoms with van der Waals surface area (Å²) in [4.78, 5) is 27.3. The zero-order valence-electron chi connectivity index (χ0n) is 17.2. The van der Waals surface area contributed by atoms with Crippen LogP contribution < -0.4 is 19.5 Å². The summed E-state index contributed by atoms with van der Waals surface area (Å²) in [5.41, 5.74) is 1.25. The molecule has 7 nitrogen and oxygen atoms in total. The van der Waals surface area contributed by atoms with E-state index in [1.165, 1.54) is 21.3 Å². The highest BCUT2D eigenvalue weighted by atomic mass is 127. The van der Waals surface area contributed by atoms with Crippen LogP contribution >= 0.6 is 22.6 Å². The highest BCUT2D eigenvalue weighted by Gasteiger charge is 2.29. The van der Waals surface area contributed by atoms with Gasteiger partial charge in [0, 0.05) is 33.8 Å². The molecule has 30 heavy (non-hydrogen) atoms. The number of likely N-dealkylation sites (tertiary alicyclic amines) is 1.